The molecule has 2 aromatic rings. The Morgan fingerprint density at radius 1 is 1.17 bits per heavy atom. The summed E-state index contributed by atoms with van der Waals surface area (Å²) in [5.41, 5.74) is 0. The zero-order chi connectivity index (χ0) is 16.8. The molecule has 0 bridgehead atoms. The van der Waals surface area contributed by atoms with Gasteiger partial charge in [-0.05, 0) is 17.9 Å². The van der Waals surface area contributed by atoms with Crippen LogP contribution < -0.4 is 10.2 Å². The van der Waals surface area contributed by atoms with E-state index in [-0.39, 0.29) is 11.8 Å². The number of carbonyl (C=O) groups excluding carboxylic acids is 2. The summed E-state index contributed by atoms with van der Waals surface area (Å²) in [7, 11) is 0. The molecule has 0 aliphatic carbocycles. The van der Waals surface area contributed by atoms with Crippen LogP contribution in [0.1, 0.15) is 22.5 Å². The molecular weight excluding hydrogens is 344 g/mol. The summed E-state index contributed by atoms with van der Waals surface area (Å²) in [6.07, 6.45) is 2.95. The smallest absolute Gasteiger partial charge is 0.261 e. The van der Waals surface area contributed by atoms with Gasteiger partial charge in [-0.1, -0.05) is 6.07 Å². The zero-order valence-corrected chi connectivity index (χ0v) is 14.9. The molecular formula is C16H20N4O2S2. The highest BCUT2D eigenvalue weighted by Gasteiger charge is 2.21. The number of nitrogens with zero attached hydrogens (tertiary/aromatic N) is 3. The highest BCUT2D eigenvalue weighted by Crippen LogP contribution is 2.19. The Hall–Kier alpha value is -1.93. The molecule has 0 spiro atoms. The number of thiazole rings is 1. The van der Waals surface area contributed by atoms with Crippen LogP contribution in [0.5, 0.6) is 0 Å². The first-order valence-electron chi connectivity index (χ1n) is 7.98. The number of anilines is 1. The van der Waals surface area contributed by atoms with Crippen LogP contribution in [0.25, 0.3) is 0 Å². The molecule has 24 heavy (non-hydrogen) atoms. The Kier molecular flexibility index (Phi) is 5.81. The zero-order valence-electron chi connectivity index (χ0n) is 13.3. The maximum atomic E-state index is 12.2. The third kappa shape index (κ3) is 4.33. The summed E-state index contributed by atoms with van der Waals surface area (Å²) >= 11 is 3.05. The van der Waals surface area contributed by atoms with E-state index in [9.17, 15) is 9.59 Å². The number of thiophene rings is 1. The molecule has 1 fully saturated rings. The minimum atomic E-state index is -0.0606. The summed E-state index contributed by atoms with van der Waals surface area (Å²) < 4.78 is 0. The van der Waals surface area contributed by atoms with Gasteiger partial charge in [0.2, 0.25) is 5.91 Å². The summed E-state index contributed by atoms with van der Waals surface area (Å²) in [6.45, 7) is 3.66. The van der Waals surface area contributed by atoms with Gasteiger partial charge >= 0.3 is 0 Å². The molecule has 3 rings (SSSR count). The molecule has 2 amide bonds. The fraction of sp³-hybridized carbons (Fsp3) is 0.438. The van der Waals surface area contributed by atoms with E-state index in [0.29, 0.717) is 24.3 Å². The van der Waals surface area contributed by atoms with E-state index in [1.165, 1.54) is 11.3 Å². The van der Waals surface area contributed by atoms with Gasteiger partial charge in [-0.3, -0.25) is 9.59 Å². The minimum absolute atomic E-state index is 0.0606. The average molecular weight is 364 g/mol. The van der Waals surface area contributed by atoms with Crippen LogP contribution in [0.2, 0.25) is 0 Å². The molecule has 0 aromatic carbocycles. The fourth-order valence-electron chi connectivity index (χ4n) is 2.61. The lowest BCUT2D eigenvalue weighted by Gasteiger charge is -2.34. The first kappa shape index (κ1) is 16.9. The van der Waals surface area contributed by atoms with Crippen molar-refractivity contribution < 1.29 is 9.59 Å². The van der Waals surface area contributed by atoms with Crippen molar-refractivity contribution in [3.05, 3.63) is 34.0 Å². The summed E-state index contributed by atoms with van der Waals surface area (Å²) in [5.74, 6) is 0.105. The SMILES string of the molecule is O=C(NCCCC(=O)N1CCN(c2nccs2)CC1)c1cccs1. The predicted octanol–water partition coefficient (Wildman–Crippen LogP) is 2.06. The fourth-order valence-corrected chi connectivity index (χ4v) is 3.95. The number of amides is 2. The maximum Gasteiger partial charge on any atom is 0.261 e. The number of nitrogens with one attached hydrogen (secondary N) is 1. The van der Waals surface area contributed by atoms with Crippen LogP contribution in [-0.2, 0) is 4.79 Å². The minimum Gasteiger partial charge on any atom is -0.351 e. The van der Waals surface area contributed by atoms with Crippen molar-refractivity contribution in [2.45, 2.75) is 12.8 Å². The monoisotopic (exact) mass is 364 g/mol. The Morgan fingerprint density at radius 3 is 2.67 bits per heavy atom. The largest absolute Gasteiger partial charge is 0.351 e. The van der Waals surface area contributed by atoms with Gasteiger partial charge in [-0.25, -0.2) is 4.98 Å². The molecule has 0 radical (unpaired) electrons. The van der Waals surface area contributed by atoms with Crippen LogP contribution >= 0.6 is 22.7 Å². The summed E-state index contributed by atoms with van der Waals surface area (Å²) in [5, 5.41) is 7.73. The van der Waals surface area contributed by atoms with Gasteiger partial charge in [0.25, 0.3) is 5.91 Å². The van der Waals surface area contributed by atoms with E-state index in [2.05, 4.69) is 15.2 Å². The topological polar surface area (TPSA) is 65.5 Å². The number of piperazine rings is 1. The second-order valence-corrected chi connectivity index (χ2v) is 7.34. The summed E-state index contributed by atoms with van der Waals surface area (Å²) in [4.78, 5) is 33.2. The van der Waals surface area contributed by atoms with Crippen molar-refractivity contribution >= 4 is 39.6 Å². The lowest BCUT2D eigenvalue weighted by molar-refractivity contribution is -0.131. The Morgan fingerprint density at radius 2 is 2.00 bits per heavy atom. The van der Waals surface area contributed by atoms with Crippen molar-refractivity contribution in [3.8, 4) is 0 Å². The third-order valence-corrected chi connectivity index (χ3v) is 5.62. The van der Waals surface area contributed by atoms with Crippen molar-refractivity contribution in [2.24, 2.45) is 0 Å². The summed E-state index contributed by atoms with van der Waals surface area (Å²) in [6, 6.07) is 3.65. The number of carbonyl (C=O) groups is 2. The van der Waals surface area contributed by atoms with E-state index in [0.717, 1.165) is 31.3 Å². The van der Waals surface area contributed by atoms with Crippen molar-refractivity contribution in [1.29, 1.82) is 0 Å². The average Bonchev–Trinajstić information content (AvgIpc) is 3.32. The molecule has 8 heteroatoms. The molecule has 1 aliphatic heterocycles. The maximum absolute atomic E-state index is 12.2. The van der Waals surface area contributed by atoms with E-state index >= 15 is 0 Å². The molecule has 6 nitrogen and oxygen atoms in total. The van der Waals surface area contributed by atoms with Gasteiger partial charge in [0, 0.05) is 50.7 Å². The number of rotatable bonds is 6. The van der Waals surface area contributed by atoms with Crippen molar-refractivity contribution in [2.75, 3.05) is 37.6 Å². The molecule has 1 N–H and O–H groups in total. The van der Waals surface area contributed by atoms with Crippen molar-refractivity contribution in [3.63, 3.8) is 0 Å². The molecule has 0 atom stereocenters. The molecule has 1 aliphatic rings. The molecule has 2 aromatic heterocycles. The Balaban J connectivity index is 1.33. The number of hydrogen-bond acceptors (Lipinski definition) is 6. The van der Waals surface area contributed by atoms with Gasteiger partial charge in [0.1, 0.15) is 0 Å². The molecule has 3 heterocycles. The van der Waals surface area contributed by atoms with Crippen LogP contribution in [-0.4, -0.2) is 54.4 Å². The molecule has 128 valence electrons. The molecule has 0 unspecified atom stereocenters. The predicted molar refractivity (Wildman–Crippen MR) is 96.8 cm³/mol. The Labute approximate surface area is 149 Å². The highest BCUT2D eigenvalue weighted by molar-refractivity contribution is 7.13. The second-order valence-electron chi connectivity index (χ2n) is 5.52. The van der Waals surface area contributed by atoms with Gasteiger partial charge in [0.15, 0.2) is 5.13 Å². The van der Waals surface area contributed by atoms with Crippen LogP contribution in [0.3, 0.4) is 0 Å². The van der Waals surface area contributed by atoms with Gasteiger partial charge < -0.3 is 15.1 Å². The lowest BCUT2D eigenvalue weighted by Crippen LogP contribution is -2.48. The number of aromatic nitrogens is 1. The quantitative estimate of drug-likeness (QED) is 0.797. The van der Waals surface area contributed by atoms with Gasteiger partial charge in [-0.2, -0.15) is 0 Å². The van der Waals surface area contributed by atoms with E-state index in [1.54, 1.807) is 17.4 Å². The third-order valence-electron chi connectivity index (χ3n) is 3.92. The van der Waals surface area contributed by atoms with E-state index in [4.69, 9.17) is 0 Å². The standard InChI is InChI=1S/C16H20N4O2S2/c21-14(4-1-5-17-15(22)13-3-2-11-23-13)19-7-9-20(10-8-19)16-18-6-12-24-16/h2-3,6,11-12H,1,4-5,7-10H2,(H,17,22). The first-order valence-corrected chi connectivity index (χ1v) is 9.74. The normalized spacial score (nSPS) is 14.7. The highest BCUT2D eigenvalue weighted by atomic mass is 32.1. The lowest BCUT2D eigenvalue weighted by atomic mass is 10.2. The van der Waals surface area contributed by atoms with E-state index < -0.39 is 0 Å². The van der Waals surface area contributed by atoms with Crippen molar-refractivity contribution in [1.82, 2.24) is 15.2 Å². The molecule has 1 saturated heterocycles. The molecule has 0 saturated carbocycles. The van der Waals surface area contributed by atoms with Gasteiger partial charge in [0.05, 0.1) is 4.88 Å². The van der Waals surface area contributed by atoms with Crippen LogP contribution in [0.15, 0.2) is 29.1 Å². The van der Waals surface area contributed by atoms with Crippen LogP contribution in [0, 0.1) is 0 Å². The van der Waals surface area contributed by atoms with E-state index in [1.807, 2.05) is 27.9 Å². The number of hydrogen-bond donors (Lipinski definition) is 1. The second kappa shape index (κ2) is 8.25. The Bertz CT molecular complexity index is 650. The van der Waals surface area contributed by atoms with Crippen LogP contribution in [0.4, 0.5) is 5.13 Å². The van der Waals surface area contributed by atoms with Gasteiger partial charge in [-0.15, -0.1) is 22.7 Å². The first-order chi connectivity index (χ1) is 11.7.